The number of ether oxygens (including phenoxy) is 1. The molecule has 0 aliphatic carbocycles. The first-order chi connectivity index (χ1) is 13.7. The first-order valence-corrected chi connectivity index (χ1v) is 10.6. The van der Waals surface area contributed by atoms with E-state index in [1.165, 1.54) is 18.4 Å². The molecule has 29 heavy (non-hydrogen) atoms. The Balaban J connectivity index is 1.75. The van der Waals surface area contributed by atoms with E-state index in [0.717, 1.165) is 15.8 Å². The van der Waals surface area contributed by atoms with Gasteiger partial charge in [-0.2, -0.15) is 5.10 Å². The molecule has 1 aromatic carbocycles. The average molecular weight is 451 g/mol. The van der Waals surface area contributed by atoms with Gasteiger partial charge in [-0.1, -0.05) is 32.4 Å². The van der Waals surface area contributed by atoms with E-state index in [1.807, 2.05) is 35.1 Å². The van der Waals surface area contributed by atoms with Crippen molar-refractivity contribution in [3.63, 3.8) is 0 Å². The van der Waals surface area contributed by atoms with Gasteiger partial charge in [-0.05, 0) is 41.9 Å². The van der Waals surface area contributed by atoms with Crippen molar-refractivity contribution in [2.24, 2.45) is 5.41 Å². The van der Waals surface area contributed by atoms with Crippen molar-refractivity contribution in [1.82, 2.24) is 15.1 Å². The first-order valence-electron chi connectivity index (χ1n) is 9.04. The highest BCUT2D eigenvalue weighted by molar-refractivity contribution is 7.80. The molecule has 2 heterocycles. The van der Waals surface area contributed by atoms with Crippen LogP contribution in [0.1, 0.15) is 30.4 Å². The third-order valence-electron chi connectivity index (χ3n) is 4.54. The quantitative estimate of drug-likeness (QED) is 0.424. The van der Waals surface area contributed by atoms with Gasteiger partial charge in [-0.15, -0.1) is 11.3 Å². The zero-order chi connectivity index (χ0) is 21.2. The molecule has 154 valence electrons. The Morgan fingerprint density at radius 2 is 2.17 bits per heavy atom. The van der Waals surface area contributed by atoms with Gasteiger partial charge in [0.15, 0.2) is 5.11 Å². The van der Waals surface area contributed by atoms with Crippen molar-refractivity contribution in [1.29, 1.82) is 0 Å². The molecule has 2 N–H and O–H groups in total. The van der Waals surface area contributed by atoms with Gasteiger partial charge >= 0.3 is 5.97 Å². The van der Waals surface area contributed by atoms with Crippen LogP contribution in [0.4, 0.5) is 5.69 Å². The lowest BCUT2D eigenvalue weighted by Gasteiger charge is -2.32. The summed E-state index contributed by atoms with van der Waals surface area (Å²) in [6.07, 6.45) is 3.70. The van der Waals surface area contributed by atoms with Crippen molar-refractivity contribution in [3.05, 3.63) is 46.6 Å². The summed E-state index contributed by atoms with van der Waals surface area (Å²) in [4.78, 5) is 12.3. The largest absolute Gasteiger partial charge is 0.465 e. The van der Waals surface area contributed by atoms with Gasteiger partial charge < -0.3 is 15.4 Å². The van der Waals surface area contributed by atoms with Crippen LogP contribution in [0.3, 0.4) is 0 Å². The first kappa shape index (κ1) is 21.5. The fourth-order valence-electron chi connectivity index (χ4n) is 2.82. The summed E-state index contributed by atoms with van der Waals surface area (Å²) in [6, 6.07) is 7.66. The maximum Gasteiger partial charge on any atom is 0.349 e. The fourth-order valence-corrected chi connectivity index (χ4v) is 4.55. The van der Waals surface area contributed by atoms with Gasteiger partial charge in [0, 0.05) is 28.2 Å². The van der Waals surface area contributed by atoms with Crippen molar-refractivity contribution in [3.8, 4) is 0 Å². The third kappa shape index (κ3) is 5.07. The smallest absolute Gasteiger partial charge is 0.349 e. The molecule has 9 heteroatoms. The summed E-state index contributed by atoms with van der Waals surface area (Å²) in [5.41, 5.74) is 0.786. The molecule has 0 aliphatic rings. The van der Waals surface area contributed by atoms with Gasteiger partial charge in [0.2, 0.25) is 0 Å². The second-order valence-electron chi connectivity index (χ2n) is 7.69. The van der Waals surface area contributed by atoms with E-state index in [2.05, 4.69) is 36.5 Å². The molecule has 0 saturated carbocycles. The lowest BCUT2D eigenvalue weighted by atomic mass is 9.87. The number of carbonyl (C=O) groups excluding carboxylic acids is 1. The summed E-state index contributed by atoms with van der Waals surface area (Å²) >= 11 is 13.2. The number of benzene rings is 1. The van der Waals surface area contributed by atoms with Crippen LogP contribution in [0.2, 0.25) is 5.02 Å². The third-order valence-corrected chi connectivity index (χ3v) is 6.39. The number of aromatic nitrogens is 2. The highest BCUT2D eigenvalue weighted by Crippen LogP contribution is 2.37. The maximum atomic E-state index is 11.9. The van der Waals surface area contributed by atoms with Gasteiger partial charge in [-0.25, -0.2) is 4.79 Å². The van der Waals surface area contributed by atoms with Crippen molar-refractivity contribution < 1.29 is 9.53 Å². The molecule has 0 saturated heterocycles. The van der Waals surface area contributed by atoms with Crippen LogP contribution >= 0.6 is 35.2 Å². The number of nitrogens with zero attached hydrogens (tertiary/aromatic N) is 2. The molecule has 0 spiro atoms. The highest BCUT2D eigenvalue weighted by atomic mass is 35.5. The molecule has 0 fully saturated rings. The predicted octanol–water partition coefficient (Wildman–Crippen LogP) is 4.94. The molecule has 2 aromatic heterocycles. The van der Waals surface area contributed by atoms with Crippen molar-refractivity contribution in [2.45, 2.75) is 33.4 Å². The predicted molar refractivity (Wildman–Crippen MR) is 123 cm³/mol. The number of carbonyl (C=O) groups is 1. The summed E-state index contributed by atoms with van der Waals surface area (Å²) < 4.78 is 7.56. The van der Waals surface area contributed by atoms with Crippen molar-refractivity contribution >= 4 is 62.0 Å². The van der Waals surface area contributed by atoms with Crippen LogP contribution in [0.25, 0.3) is 10.1 Å². The minimum atomic E-state index is -0.436. The lowest BCUT2D eigenvalue weighted by molar-refractivity contribution is 0.0606. The minimum Gasteiger partial charge on any atom is -0.465 e. The second kappa shape index (κ2) is 8.69. The topological polar surface area (TPSA) is 68.2 Å². The standard InChI is InChI=1S/C20H23ClN4O2S2/c1-20(2,3)15(11-25-9-5-8-22-25)24-19(28)23-12-6-7-13-14(10-12)29-17(16(13)21)18(26)27-4/h5-10,15H,11H2,1-4H3,(H2,23,24,28). The Kier molecular flexibility index (Phi) is 6.45. The summed E-state index contributed by atoms with van der Waals surface area (Å²) in [5, 5.41) is 12.7. The van der Waals surface area contributed by atoms with Gasteiger partial charge in [0.1, 0.15) is 4.88 Å². The number of hydrogen-bond acceptors (Lipinski definition) is 5. The number of fused-ring (bicyclic) bond motifs is 1. The van der Waals surface area contributed by atoms with E-state index in [1.54, 1.807) is 6.20 Å². The van der Waals surface area contributed by atoms with Gasteiger partial charge in [0.25, 0.3) is 0 Å². The van der Waals surface area contributed by atoms with Crippen molar-refractivity contribution in [2.75, 3.05) is 12.4 Å². The number of anilines is 1. The van der Waals surface area contributed by atoms with Crippen LogP contribution in [0.15, 0.2) is 36.7 Å². The number of methoxy groups -OCH3 is 1. The van der Waals surface area contributed by atoms with E-state index in [9.17, 15) is 4.79 Å². The van der Waals surface area contributed by atoms with E-state index >= 15 is 0 Å². The number of rotatable bonds is 5. The molecule has 0 bridgehead atoms. The Bertz CT molecular complexity index is 1030. The van der Waals surface area contributed by atoms with E-state index in [4.69, 9.17) is 28.6 Å². The minimum absolute atomic E-state index is 0.0294. The Morgan fingerprint density at radius 1 is 1.41 bits per heavy atom. The Labute approximate surface area is 184 Å². The lowest BCUT2D eigenvalue weighted by Crippen LogP contribution is -2.48. The Hall–Kier alpha value is -2.16. The summed E-state index contributed by atoms with van der Waals surface area (Å²) in [5.74, 6) is -0.436. The Morgan fingerprint density at radius 3 is 2.79 bits per heavy atom. The van der Waals surface area contributed by atoms with Gasteiger partial charge in [0.05, 0.1) is 24.7 Å². The zero-order valence-electron chi connectivity index (χ0n) is 16.7. The van der Waals surface area contributed by atoms with E-state index < -0.39 is 5.97 Å². The summed E-state index contributed by atoms with van der Waals surface area (Å²) in [7, 11) is 1.34. The number of esters is 1. The molecule has 3 rings (SSSR count). The maximum absolute atomic E-state index is 11.9. The van der Waals surface area contributed by atoms with E-state index in [-0.39, 0.29) is 11.5 Å². The molecule has 3 aromatic rings. The zero-order valence-corrected chi connectivity index (χ0v) is 19.0. The van der Waals surface area contributed by atoms with Crippen LogP contribution < -0.4 is 10.6 Å². The average Bonchev–Trinajstić information content (AvgIpc) is 3.27. The fraction of sp³-hybridized carbons (Fsp3) is 0.350. The number of thiophene rings is 1. The molecule has 0 aliphatic heterocycles. The molecule has 1 unspecified atom stereocenters. The second-order valence-corrected chi connectivity index (χ2v) is 9.53. The number of nitrogens with one attached hydrogen (secondary N) is 2. The molecule has 1 atom stereocenters. The van der Waals surface area contributed by atoms with Crippen LogP contribution in [0.5, 0.6) is 0 Å². The molecular weight excluding hydrogens is 428 g/mol. The SMILES string of the molecule is COC(=O)c1sc2cc(NC(=S)NC(Cn3cccn3)C(C)(C)C)ccc2c1Cl. The van der Waals surface area contributed by atoms with E-state index in [0.29, 0.717) is 21.6 Å². The highest BCUT2D eigenvalue weighted by Gasteiger charge is 2.26. The van der Waals surface area contributed by atoms with Gasteiger partial charge in [-0.3, -0.25) is 4.68 Å². The van der Waals surface area contributed by atoms with Crippen LogP contribution in [0, 0.1) is 5.41 Å². The molecule has 0 radical (unpaired) electrons. The number of thiocarbonyl (C=S) groups is 1. The number of hydrogen-bond donors (Lipinski definition) is 2. The normalized spacial score (nSPS) is 12.6. The monoisotopic (exact) mass is 450 g/mol. The van der Waals surface area contributed by atoms with Crippen LogP contribution in [-0.2, 0) is 11.3 Å². The molecule has 0 amide bonds. The number of halogens is 1. The van der Waals surface area contributed by atoms with Crippen LogP contribution in [-0.4, -0.2) is 34.0 Å². The summed E-state index contributed by atoms with van der Waals surface area (Å²) in [6.45, 7) is 7.17. The molecular formula is C20H23ClN4O2S2. The molecule has 6 nitrogen and oxygen atoms in total.